The highest BCUT2D eigenvalue weighted by atomic mass is 32.2. The number of carbonyl (C=O) groups is 1. The predicted molar refractivity (Wildman–Crippen MR) is 67.4 cm³/mol. The van der Waals surface area contributed by atoms with E-state index in [4.69, 9.17) is 0 Å². The van der Waals surface area contributed by atoms with Gasteiger partial charge in [0.25, 0.3) is 5.24 Å². The fourth-order valence-corrected chi connectivity index (χ4v) is 2.33. The second kappa shape index (κ2) is 5.78. The molecule has 0 spiro atoms. The van der Waals surface area contributed by atoms with Gasteiger partial charge in [-0.1, -0.05) is 32.5 Å². The van der Waals surface area contributed by atoms with Crippen LogP contribution in [0.25, 0.3) is 0 Å². The Kier molecular flexibility index (Phi) is 4.97. The fourth-order valence-electron chi connectivity index (χ4n) is 1.62. The molecular formula is C12H23NOS. The van der Waals surface area contributed by atoms with Gasteiger partial charge < -0.3 is 4.90 Å². The van der Waals surface area contributed by atoms with Gasteiger partial charge in [-0.3, -0.25) is 4.79 Å². The van der Waals surface area contributed by atoms with Crippen LogP contribution in [0.3, 0.4) is 0 Å². The molecule has 2 nitrogen and oxygen atoms in total. The highest BCUT2D eigenvalue weighted by Crippen LogP contribution is 2.45. The van der Waals surface area contributed by atoms with Gasteiger partial charge in [0.2, 0.25) is 0 Å². The average molecular weight is 229 g/mol. The molecule has 1 saturated carbocycles. The van der Waals surface area contributed by atoms with E-state index in [0.29, 0.717) is 5.41 Å². The summed E-state index contributed by atoms with van der Waals surface area (Å²) in [6.07, 6.45) is 4.72. The van der Waals surface area contributed by atoms with Crippen molar-refractivity contribution in [2.45, 2.75) is 46.5 Å². The first-order valence-corrected chi connectivity index (χ1v) is 7.01. The van der Waals surface area contributed by atoms with Crippen LogP contribution in [0.4, 0.5) is 4.79 Å². The Hall–Kier alpha value is -0.180. The molecule has 1 rings (SSSR count). The van der Waals surface area contributed by atoms with E-state index >= 15 is 0 Å². The molecule has 0 N–H and O–H groups in total. The third-order valence-electron chi connectivity index (χ3n) is 2.86. The normalized spacial score (nSPS) is 17.5. The average Bonchev–Trinajstić information content (AvgIpc) is 2.92. The van der Waals surface area contributed by atoms with Gasteiger partial charge in [0.1, 0.15) is 0 Å². The van der Waals surface area contributed by atoms with E-state index in [1.807, 2.05) is 4.90 Å². The van der Waals surface area contributed by atoms with Crippen LogP contribution in [0.5, 0.6) is 0 Å². The van der Waals surface area contributed by atoms with Crippen molar-refractivity contribution in [3.05, 3.63) is 0 Å². The van der Waals surface area contributed by atoms with Crippen LogP contribution in [-0.4, -0.2) is 29.0 Å². The molecule has 0 radical (unpaired) electrons. The van der Waals surface area contributed by atoms with Crippen LogP contribution in [0, 0.1) is 5.41 Å². The van der Waals surface area contributed by atoms with Gasteiger partial charge in [0.15, 0.2) is 0 Å². The third kappa shape index (κ3) is 4.45. The Morgan fingerprint density at radius 2 is 2.00 bits per heavy atom. The summed E-state index contributed by atoms with van der Waals surface area (Å²) in [7, 11) is 0. The summed E-state index contributed by atoms with van der Waals surface area (Å²) >= 11 is 1.48. The molecule has 15 heavy (non-hydrogen) atoms. The predicted octanol–water partition coefficient (Wildman–Crippen LogP) is 3.76. The minimum absolute atomic E-state index is 0.284. The Labute approximate surface area is 97.8 Å². The van der Waals surface area contributed by atoms with Crippen LogP contribution in [0.15, 0.2) is 0 Å². The van der Waals surface area contributed by atoms with E-state index in [0.717, 1.165) is 31.7 Å². The van der Waals surface area contributed by atoms with Crippen molar-refractivity contribution in [1.82, 2.24) is 4.90 Å². The summed E-state index contributed by atoms with van der Waals surface area (Å²) in [5, 5.41) is 0.284. The second-order valence-corrected chi connectivity index (χ2v) is 5.89. The summed E-state index contributed by atoms with van der Waals surface area (Å²) in [5.74, 6) is 0.954. The monoisotopic (exact) mass is 229 g/mol. The van der Waals surface area contributed by atoms with E-state index in [-0.39, 0.29) is 5.24 Å². The van der Waals surface area contributed by atoms with Crippen molar-refractivity contribution in [1.29, 1.82) is 0 Å². The van der Waals surface area contributed by atoms with E-state index in [9.17, 15) is 4.79 Å². The summed E-state index contributed by atoms with van der Waals surface area (Å²) in [5.41, 5.74) is 0.442. The lowest BCUT2D eigenvalue weighted by Gasteiger charge is -2.24. The van der Waals surface area contributed by atoms with Crippen molar-refractivity contribution in [3.63, 3.8) is 0 Å². The zero-order chi connectivity index (χ0) is 11.3. The van der Waals surface area contributed by atoms with E-state index in [2.05, 4.69) is 20.8 Å². The number of nitrogens with zero attached hydrogens (tertiary/aromatic N) is 1. The maximum Gasteiger partial charge on any atom is 0.281 e. The van der Waals surface area contributed by atoms with Gasteiger partial charge in [-0.15, -0.1) is 0 Å². The molecule has 0 atom stereocenters. The van der Waals surface area contributed by atoms with Gasteiger partial charge in [0, 0.05) is 18.8 Å². The molecule has 0 unspecified atom stereocenters. The zero-order valence-corrected chi connectivity index (χ0v) is 11.0. The number of thioether (sulfide) groups is 1. The SMILES string of the molecule is CCCSC(=O)N(CCC)CC1(C)CC1. The first-order chi connectivity index (χ1) is 7.11. The molecule has 88 valence electrons. The third-order valence-corrected chi connectivity index (χ3v) is 3.98. The standard InChI is InChI=1S/C12H23NOS/c1-4-8-13(10-12(3)6-7-12)11(14)15-9-5-2/h4-10H2,1-3H3. The van der Waals surface area contributed by atoms with Gasteiger partial charge in [-0.2, -0.15) is 0 Å². The highest BCUT2D eigenvalue weighted by Gasteiger charge is 2.39. The summed E-state index contributed by atoms with van der Waals surface area (Å²) in [6, 6.07) is 0. The molecule has 1 aliphatic rings. The van der Waals surface area contributed by atoms with Crippen LogP contribution in [0.2, 0.25) is 0 Å². The largest absolute Gasteiger partial charge is 0.333 e. The summed E-state index contributed by atoms with van der Waals surface area (Å²) in [6.45, 7) is 8.43. The maximum absolute atomic E-state index is 11.9. The quantitative estimate of drug-likeness (QED) is 0.691. The summed E-state index contributed by atoms with van der Waals surface area (Å²) in [4.78, 5) is 13.9. The zero-order valence-electron chi connectivity index (χ0n) is 10.2. The number of hydrogen-bond acceptors (Lipinski definition) is 2. The van der Waals surface area contributed by atoms with Crippen LogP contribution in [-0.2, 0) is 0 Å². The lowest BCUT2D eigenvalue weighted by Crippen LogP contribution is -2.33. The molecule has 1 amide bonds. The first kappa shape index (κ1) is 12.9. The first-order valence-electron chi connectivity index (χ1n) is 6.03. The maximum atomic E-state index is 11.9. The minimum atomic E-state index is 0.284. The fraction of sp³-hybridized carbons (Fsp3) is 0.917. The molecule has 0 saturated heterocycles. The number of amides is 1. The minimum Gasteiger partial charge on any atom is -0.333 e. The molecule has 1 aliphatic carbocycles. The molecule has 0 aromatic heterocycles. The van der Waals surface area contributed by atoms with Crippen LogP contribution >= 0.6 is 11.8 Å². The second-order valence-electron chi connectivity index (χ2n) is 4.85. The van der Waals surface area contributed by atoms with Crippen LogP contribution < -0.4 is 0 Å². The topological polar surface area (TPSA) is 20.3 Å². The highest BCUT2D eigenvalue weighted by molar-refractivity contribution is 8.13. The number of carbonyl (C=O) groups excluding carboxylic acids is 1. The molecule has 0 aromatic rings. The Morgan fingerprint density at radius 3 is 2.47 bits per heavy atom. The summed E-state index contributed by atoms with van der Waals surface area (Å²) < 4.78 is 0. The van der Waals surface area contributed by atoms with Gasteiger partial charge >= 0.3 is 0 Å². The molecule has 0 heterocycles. The molecule has 0 aromatic carbocycles. The Bertz CT molecular complexity index is 214. The van der Waals surface area contributed by atoms with Crippen molar-refractivity contribution in [3.8, 4) is 0 Å². The molecular weight excluding hydrogens is 206 g/mol. The smallest absolute Gasteiger partial charge is 0.281 e. The van der Waals surface area contributed by atoms with Crippen molar-refractivity contribution in [2.24, 2.45) is 5.41 Å². The van der Waals surface area contributed by atoms with E-state index in [1.165, 1.54) is 24.6 Å². The van der Waals surface area contributed by atoms with Crippen molar-refractivity contribution in [2.75, 3.05) is 18.8 Å². The number of hydrogen-bond donors (Lipinski definition) is 0. The van der Waals surface area contributed by atoms with E-state index < -0.39 is 0 Å². The van der Waals surface area contributed by atoms with E-state index in [1.54, 1.807) is 0 Å². The molecule has 3 heteroatoms. The van der Waals surface area contributed by atoms with Crippen molar-refractivity contribution >= 4 is 17.0 Å². The van der Waals surface area contributed by atoms with Gasteiger partial charge in [0.05, 0.1) is 0 Å². The Morgan fingerprint density at radius 1 is 1.33 bits per heavy atom. The lowest BCUT2D eigenvalue weighted by molar-refractivity contribution is 0.211. The van der Waals surface area contributed by atoms with Crippen molar-refractivity contribution < 1.29 is 4.79 Å². The molecule has 0 aliphatic heterocycles. The number of rotatable bonds is 6. The molecule has 0 bridgehead atoms. The lowest BCUT2D eigenvalue weighted by atomic mass is 10.1. The van der Waals surface area contributed by atoms with Gasteiger partial charge in [-0.25, -0.2) is 0 Å². The Balaban J connectivity index is 2.37. The molecule has 1 fully saturated rings. The van der Waals surface area contributed by atoms with Crippen LogP contribution in [0.1, 0.15) is 46.5 Å². The van der Waals surface area contributed by atoms with Gasteiger partial charge in [-0.05, 0) is 31.1 Å².